The first-order valence-electron chi connectivity index (χ1n) is 9.48. The van der Waals surface area contributed by atoms with Crippen molar-refractivity contribution in [3.63, 3.8) is 0 Å². The fourth-order valence-corrected chi connectivity index (χ4v) is 3.01. The Balaban J connectivity index is 1.45. The molecule has 148 valence electrons. The molecule has 0 aromatic carbocycles. The molecule has 0 atom stereocenters. The molecule has 0 bridgehead atoms. The van der Waals surface area contributed by atoms with Crippen LogP contribution in [0.3, 0.4) is 0 Å². The number of piperidine rings is 1. The van der Waals surface area contributed by atoms with Crippen molar-refractivity contribution in [3.05, 3.63) is 54.1 Å². The van der Waals surface area contributed by atoms with Gasteiger partial charge in [-0.15, -0.1) is 0 Å². The van der Waals surface area contributed by atoms with Crippen LogP contribution in [0.25, 0.3) is 0 Å². The summed E-state index contributed by atoms with van der Waals surface area (Å²) in [5.74, 6) is -0.203. The summed E-state index contributed by atoms with van der Waals surface area (Å²) >= 11 is 0. The van der Waals surface area contributed by atoms with Gasteiger partial charge < -0.3 is 20.3 Å². The van der Waals surface area contributed by atoms with Crippen molar-refractivity contribution in [2.45, 2.75) is 32.4 Å². The Morgan fingerprint density at radius 3 is 2.64 bits per heavy atom. The van der Waals surface area contributed by atoms with Gasteiger partial charge in [-0.2, -0.15) is 0 Å². The van der Waals surface area contributed by atoms with Crippen molar-refractivity contribution in [2.75, 3.05) is 25.0 Å². The standard InChI is InChI=1S/C20H25N5O3/c1-2-28-20(27)25-11-8-15(9-12-25)24-19(26)18-7-6-17(14-23-18)22-13-16-5-3-4-10-21-16/h3-7,10,14-15,22H,2,8-9,11-13H2,1H3,(H,24,26). The van der Waals surface area contributed by atoms with Gasteiger partial charge in [0.15, 0.2) is 0 Å². The van der Waals surface area contributed by atoms with Gasteiger partial charge in [0.05, 0.1) is 30.7 Å². The van der Waals surface area contributed by atoms with Crippen LogP contribution >= 0.6 is 0 Å². The lowest BCUT2D eigenvalue weighted by atomic mass is 10.1. The summed E-state index contributed by atoms with van der Waals surface area (Å²) in [7, 11) is 0. The van der Waals surface area contributed by atoms with Gasteiger partial charge >= 0.3 is 6.09 Å². The van der Waals surface area contributed by atoms with E-state index in [1.54, 1.807) is 30.3 Å². The predicted octanol–water partition coefficient (Wildman–Crippen LogP) is 2.44. The Labute approximate surface area is 164 Å². The summed E-state index contributed by atoms with van der Waals surface area (Å²) < 4.78 is 5.01. The summed E-state index contributed by atoms with van der Waals surface area (Å²) in [5, 5.41) is 6.22. The van der Waals surface area contributed by atoms with Gasteiger partial charge in [0, 0.05) is 25.3 Å². The second-order valence-electron chi connectivity index (χ2n) is 6.54. The number of rotatable bonds is 6. The fraction of sp³-hybridized carbons (Fsp3) is 0.400. The number of pyridine rings is 2. The Bertz CT molecular complexity index is 774. The summed E-state index contributed by atoms with van der Waals surface area (Å²) in [6.07, 6.45) is 4.51. The molecule has 1 aliphatic rings. The van der Waals surface area contributed by atoms with Crippen LogP contribution in [0.15, 0.2) is 42.7 Å². The highest BCUT2D eigenvalue weighted by molar-refractivity contribution is 5.92. The van der Waals surface area contributed by atoms with E-state index in [-0.39, 0.29) is 18.0 Å². The molecule has 2 aromatic heterocycles. The number of anilines is 1. The number of aromatic nitrogens is 2. The van der Waals surface area contributed by atoms with E-state index in [1.165, 1.54) is 0 Å². The van der Waals surface area contributed by atoms with Crippen molar-refractivity contribution in [2.24, 2.45) is 0 Å². The molecule has 1 aliphatic heterocycles. The predicted molar refractivity (Wildman–Crippen MR) is 105 cm³/mol. The van der Waals surface area contributed by atoms with Crippen LogP contribution in [-0.2, 0) is 11.3 Å². The van der Waals surface area contributed by atoms with Crippen LogP contribution in [0.2, 0.25) is 0 Å². The summed E-state index contributed by atoms with van der Waals surface area (Å²) in [5.41, 5.74) is 2.12. The molecule has 3 rings (SSSR count). The number of carbonyl (C=O) groups excluding carboxylic acids is 2. The van der Waals surface area contributed by atoms with Crippen molar-refractivity contribution < 1.29 is 14.3 Å². The average Bonchev–Trinajstić information content (AvgIpc) is 2.74. The first kappa shape index (κ1) is 19.6. The van der Waals surface area contributed by atoms with Crippen molar-refractivity contribution >= 4 is 17.7 Å². The number of nitrogens with one attached hydrogen (secondary N) is 2. The Morgan fingerprint density at radius 1 is 1.18 bits per heavy atom. The summed E-state index contributed by atoms with van der Waals surface area (Å²) in [6.45, 7) is 3.90. The lowest BCUT2D eigenvalue weighted by molar-refractivity contribution is 0.0856. The van der Waals surface area contributed by atoms with E-state index in [4.69, 9.17) is 4.74 Å². The van der Waals surface area contributed by atoms with Gasteiger partial charge in [-0.05, 0) is 44.0 Å². The first-order valence-corrected chi connectivity index (χ1v) is 9.48. The van der Waals surface area contributed by atoms with E-state index >= 15 is 0 Å². The Kier molecular flexibility index (Phi) is 6.78. The Morgan fingerprint density at radius 2 is 2.00 bits per heavy atom. The summed E-state index contributed by atoms with van der Waals surface area (Å²) in [6, 6.07) is 9.31. The van der Waals surface area contributed by atoms with Crippen LogP contribution in [0.5, 0.6) is 0 Å². The largest absolute Gasteiger partial charge is 0.450 e. The molecule has 8 heteroatoms. The second-order valence-corrected chi connectivity index (χ2v) is 6.54. The molecule has 1 saturated heterocycles. The zero-order valence-electron chi connectivity index (χ0n) is 15.9. The zero-order valence-corrected chi connectivity index (χ0v) is 15.9. The molecule has 0 radical (unpaired) electrons. The maximum Gasteiger partial charge on any atom is 0.409 e. The average molecular weight is 383 g/mol. The molecule has 8 nitrogen and oxygen atoms in total. The molecule has 28 heavy (non-hydrogen) atoms. The Hall–Kier alpha value is -3.16. The normalized spacial score (nSPS) is 14.4. The SMILES string of the molecule is CCOC(=O)N1CCC(NC(=O)c2ccc(NCc3ccccn3)cn2)CC1. The third-order valence-electron chi connectivity index (χ3n) is 4.55. The molecule has 2 aromatic rings. The fourth-order valence-electron chi connectivity index (χ4n) is 3.01. The van der Waals surface area contributed by atoms with Gasteiger partial charge in [0.2, 0.25) is 0 Å². The van der Waals surface area contributed by atoms with Gasteiger partial charge in [-0.25, -0.2) is 9.78 Å². The molecule has 3 heterocycles. The number of ether oxygens (including phenoxy) is 1. The molecule has 0 spiro atoms. The minimum Gasteiger partial charge on any atom is -0.450 e. The molecule has 2 N–H and O–H groups in total. The highest BCUT2D eigenvalue weighted by Gasteiger charge is 2.25. The maximum absolute atomic E-state index is 12.4. The highest BCUT2D eigenvalue weighted by atomic mass is 16.6. The number of amides is 2. The van der Waals surface area contributed by atoms with Crippen molar-refractivity contribution in [1.82, 2.24) is 20.2 Å². The molecule has 1 fully saturated rings. The molecular formula is C20H25N5O3. The lowest BCUT2D eigenvalue weighted by Crippen LogP contribution is -2.46. The third-order valence-corrected chi connectivity index (χ3v) is 4.55. The van der Waals surface area contributed by atoms with Gasteiger partial charge in [0.25, 0.3) is 5.91 Å². The number of carbonyl (C=O) groups is 2. The number of hydrogen-bond acceptors (Lipinski definition) is 6. The van der Waals surface area contributed by atoms with Crippen LogP contribution in [0, 0.1) is 0 Å². The molecule has 2 amide bonds. The maximum atomic E-state index is 12.4. The number of likely N-dealkylation sites (tertiary alicyclic amines) is 1. The van der Waals surface area contributed by atoms with Crippen LogP contribution in [-0.4, -0.2) is 52.6 Å². The smallest absolute Gasteiger partial charge is 0.409 e. The second kappa shape index (κ2) is 9.68. The zero-order chi connectivity index (χ0) is 19.8. The van der Waals surface area contributed by atoms with Crippen LogP contribution in [0.1, 0.15) is 35.9 Å². The van der Waals surface area contributed by atoms with E-state index in [1.807, 2.05) is 24.3 Å². The van der Waals surface area contributed by atoms with Crippen LogP contribution in [0.4, 0.5) is 10.5 Å². The van der Waals surface area contributed by atoms with Gasteiger partial charge in [-0.3, -0.25) is 9.78 Å². The quantitative estimate of drug-likeness (QED) is 0.795. The molecule has 0 saturated carbocycles. The van der Waals surface area contributed by atoms with E-state index in [2.05, 4.69) is 20.6 Å². The molecule has 0 unspecified atom stereocenters. The van der Waals surface area contributed by atoms with Crippen LogP contribution < -0.4 is 10.6 Å². The minimum absolute atomic E-state index is 0.0296. The third kappa shape index (κ3) is 5.42. The minimum atomic E-state index is -0.289. The lowest BCUT2D eigenvalue weighted by Gasteiger charge is -2.31. The highest BCUT2D eigenvalue weighted by Crippen LogP contribution is 2.13. The van der Waals surface area contributed by atoms with Gasteiger partial charge in [-0.1, -0.05) is 6.07 Å². The topological polar surface area (TPSA) is 96.5 Å². The van der Waals surface area contributed by atoms with Crippen molar-refractivity contribution in [1.29, 1.82) is 0 Å². The first-order chi connectivity index (χ1) is 13.7. The molecule has 0 aliphatic carbocycles. The number of nitrogens with zero attached hydrogens (tertiary/aromatic N) is 3. The molecular weight excluding hydrogens is 358 g/mol. The van der Waals surface area contributed by atoms with Gasteiger partial charge in [0.1, 0.15) is 5.69 Å². The van der Waals surface area contributed by atoms with E-state index < -0.39 is 0 Å². The van der Waals surface area contributed by atoms with E-state index in [0.717, 1.165) is 11.4 Å². The van der Waals surface area contributed by atoms with E-state index in [0.29, 0.717) is 44.8 Å². The summed E-state index contributed by atoms with van der Waals surface area (Å²) in [4.78, 5) is 34.3. The monoisotopic (exact) mass is 383 g/mol. The van der Waals surface area contributed by atoms with Crippen molar-refractivity contribution in [3.8, 4) is 0 Å². The van der Waals surface area contributed by atoms with E-state index in [9.17, 15) is 9.59 Å². The number of hydrogen-bond donors (Lipinski definition) is 2.